The fourth-order valence-electron chi connectivity index (χ4n) is 0.586. The summed E-state index contributed by atoms with van der Waals surface area (Å²) in [5, 5.41) is 2.44. The van der Waals surface area contributed by atoms with Crippen LogP contribution in [0, 0.1) is 12.1 Å². The average Bonchev–Trinajstić information content (AvgIpc) is 2.06. The van der Waals surface area contributed by atoms with E-state index < -0.39 is 6.09 Å². The second kappa shape index (κ2) is 3.61. The molecule has 11 heavy (non-hydrogen) atoms. The van der Waals surface area contributed by atoms with Crippen LogP contribution in [0.3, 0.4) is 0 Å². The Kier molecular flexibility index (Phi) is 2.49. The summed E-state index contributed by atoms with van der Waals surface area (Å²) < 4.78 is 4.37. The minimum Gasteiger partial charge on any atom is -0.453 e. The quantitative estimate of drug-likeness (QED) is 0.656. The highest BCUT2D eigenvalue weighted by Gasteiger charge is 1.97. The lowest BCUT2D eigenvalue weighted by molar-refractivity contribution is 0.187. The molecule has 0 unspecified atom stereocenters. The normalized spacial score (nSPS) is 8.82. The molecule has 3 heteroatoms. The lowest BCUT2D eigenvalue weighted by atomic mass is 10.3. The van der Waals surface area contributed by atoms with E-state index >= 15 is 0 Å². The predicted molar refractivity (Wildman–Crippen MR) is 40.1 cm³/mol. The second-order valence-corrected chi connectivity index (χ2v) is 1.82. The van der Waals surface area contributed by atoms with E-state index in [1.807, 2.05) is 0 Å². The zero-order chi connectivity index (χ0) is 8.10. The van der Waals surface area contributed by atoms with Crippen molar-refractivity contribution in [2.75, 3.05) is 12.4 Å². The van der Waals surface area contributed by atoms with Crippen LogP contribution in [0.15, 0.2) is 18.2 Å². The Hall–Kier alpha value is -1.51. The van der Waals surface area contributed by atoms with Gasteiger partial charge in [-0.15, -0.1) is 0 Å². The van der Waals surface area contributed by atoms with Crippen LogP contribution < -0.4 is 5.32 Å². The fourth-order valence-corrected chi connectivity index (χ4v) is 0.586. The number of carbonyl (C=O) groups is 1. The van der Waals surface area contributed by atoms with Gasteiger partial charge in [0, 0.05) is 6.07 Å². The zero-order valence-corrected chi connectivity index (χ0v) is 6.05. The molecule has 0 aromatic heterocycles. The van der Waals surface area contributed by atoms with Crippen LogP contribution in [-0.4, -0.2) is 13.2 Å². The van der Waals surface area contributed by atoms with Gasteiger partial charge in [0.05, 0.1) is 12.8 Å². The minimum absolute atomic E-state index is 0.499. The van der Waals surface area contributed by atoms with Gasteiger partial charge in [-0.2, -0.15) is 0 Å². The van der Waals surface area contributed by atoms with Crippen molar-refractivity contribution >= 4 is 11.8 Å². The number of hydrogen-bond donors (Lipinski definition) is 1. The Morgan fingerprint density at radius 3 is 3.00 bits per heavy atom. The van der Waals surface area contributed by atoms with Crippen LogP contribution in [0.1, 0.15) is 0 Å². The van der Waals surface area contributed by atoms with Crippen molar-refractivity contribution in [3.05, 3.63) is 30.3 Å². The van der Waals surface area contributed by atoms with Crippen LogP contribution in [0.4, 0.5) is 10.5 Å². The third-order valence-electron chi connectivity index (χ3n) is 1.07. The van der Waals surface area contributed by atoms with Crippen LogP contribution in [0.25, 0.3) is 0 Å². The fraction of sp³-hybridized carbons (Fsp3) is 0.125. The van der Waals surface area contributed by atoms with Gasteiger partial charge < -0.3 is 4.74 Å². The standard InChI is InChI=1S/C8H7NO2/c1-11-8(10)9-7-5-3-2-4-6-7/h2-3,6H,1H3,(H,9,10). The van der Waals surface area contributed by atoms with E-state index in [0.29, 0.717) is 5.69 Å². The highest BCUT2D eigenvalue weighted by Crippen LogP contribution is 2.02. The van der Waals surface area contributed by atoms with Crippen molar-refractivity contribution in [1.82, 2.24) is 0 Å². The van der Waals surface area contributed by atoms with Crippen molar-refractivity contribution in [3.8, 4) is 0 Å². The maximum absolute atomic E-state index is 10.6. The van der Waals surface area contributed by atoms with Gasteiger partial charge in [0.15, 0.2) is 0 Å². The number of methoxy groups -OCH3 is 1. The maximum Gasteiger partial charge on any atom is 0.411 e. The molecule has 1 aromatic rings. The summed E-state index contributed by atoms with van der Waals surface area (Å²) >= 11 is 0. The summed E-state index contributed by atoms with van der Waals surface area (Å²) in [6.45, 7) is 0. The van der Waals surface area contributed by atoms with E-state index in [2.05, 4.69) is 22.2 Å². The smallest absolute Gasteiger partial charge is 0.411 e. The molecule has 0 bridgehead atoms. The highest BCUT2D eigenvalue weighted by atomic mass is 16.5. The molecular formula is C8H7NO2. The Morgan fingerprint density at radius 2 is 2.45 bits per heavy atom. The van der Waals surface area contributed by atoms with Gasteiger partial charge in [0.25, 0.3) is 0 Å². The molecule has 2 radical (unpaired) electrons. The third-order valence-corrected chi connectivity index (χ3v) is 1.07. The lowest BCUT2D eigenvalue weighted by Crippen LogP contribution is -2.10. The Bertz CT molecular complexity index is 233. The third kappa shape index (κ3) is 2.29. The average molecular weight is 149 g/mol. The summed E-state index contributed by atoms with van der Waals surface area (Å²) in [5.41, 5.74) is 0.555. The van der Waals surface area contributed by atoms with Crippen molar-refractivity contribution in [3.63, 3.8) is 0 Å². The summed E-state index contributed by atoms with van der Waals surface area (Å²) in [5.74, 6) is 0. The number of anilines is 1. The minimum atomic E-state index is -0.499. The first-order chi connectivity index (χ1) is 5.33. The molecule has 0 spiro atoms. The Labute approximate surface area is 65.0 Å². The van der Waals surface area contributed by atoms with E-state index in [-0.39, 0.29) is 0 Å². The summed E-state index contributed by atoms with van der Waals surface area (Å²) in [7, 11) is 1.31. The van der Waals surface area contributed by atoms with Crippen LogP contribution >= 0.6 is 0 Å². The number of rotatable bonds is 1. The topological polar surface area (TPSA) is 38.3 Å². The molecule has 0 saturated heterocycles. The largest absolute Gasteiger partial charge is 0.453 e. The Morgan fingerprint density at radius 1 is 1.64 bits per heavy atom. The molecule has 56 valence electrons. The monoisotopic (exact) mass is 149 g/mol. The first-order valence-electron chi connectivity index (χ1n) is 3.05. The van der Waals surface area contributed by atoms with Crippen molar-refractivity contribution in [2.45, 2.75) is 0 Å². The molecule has 0 saturated carbocycles. The summed E-state index contributed by atoms with van der Waals surface area (Å²) in [6.07, 6.45) is -0.499. The lowest BCUT2D eigenvalue weighted by Gasteiger charge is -2.00. The predicted octanol–water partition coefficient (Wildman–Crippen LogP) is 1.47. The molecule has 0 atom stereocenters. The first kappa shape index (κ1) is 7.60. The van der Waals surface area contributed by atoms with Gasteiger partial charge in [0.2, 0.25) is 0 Å². The number of carbonyl (C=O) groups excluding carboxylic acids is 1. The number of nitrogens with one attached hydrogen (secondary N) is 1. The number of benzene rings is 1. The number of ether oxygens (including phenoxy) is 1. The summed E-state index contributed by atoms with van der Waals surface area (Å²) in [6, 6.07) is 10.5. The van der Waals surface area contributed by atoms with Gasteiger partial charge in [0.1, 0.15) is 0 Å². The molecular weight excluding hydrogens is 142 g/mol. The SMILES string of the molecule is COC(=O)Nc1[c]cc[c]c1. The van der Waals surface area contributed by atoms with E-state index in [1.165, 1.54) is 7.11 Å². The molecule has 1 rings (SSSR count). The van der Waals surface area contributed by atoms with Gasteiger partial charge >= 0.3 is 6.09 Å². The van der Waals surface area contributed by atoms with E-state index in [1.54, 1.807) is 18.2 Å². The highest BCUT2D eigenvalue weighted by molar-refractivity contribution is 5.84. The van der Waals surface area contributed by atoms with Gasteiger partial charge in [-0.25, -0.2) is 4.79 Å². The number of amides is 1. The van der Waals surface area contributed by atoms with E-state index in [9.17, 15) is 4.79 Å². The van der Waals surface area contributed by atoms with Gasteiger partial charge in [-0.05, 0) is 12.1 Å². The van der Waals surface area contributed by atoms with E-state index in [0.717, 1.165) is 0 Å². The molecule has 0 aliphatic carbocycles. The van der Waals surface area contributed by atoms with Crippen LogP contribution in [0.2, 0.25) is 0 Å². The van der Waals surface area contributed by atoms with E-state index in [4.69, 9.17) is 0 Å². The molecule has 0 heterocycles. The second-order valence-electron chi connectivity index (χ2n) is 1.82. The molecule has 3 nitrogen and oxygen atoms in total. The van der Waals surface area contributed by atoms with Gasteiger partial charge in [-0.3, -0.25) is 5.32 Å². The van der Waals surface area contributed by atoms with Crippen molar-refractivity contribution < 1.29 is 9.53 Å². The van der Waals surface area contributed by atoms with Crippen LogP contribution in [0.5, 0.6) is 0 Å². The summed E-state index contributed by atoms with van der Waals surface area (Å²) in [4.78, 5) is 10.6. The van der Waals surface area contributed by atoms with Crippen LogP contribution in [-0.2, 0) is 4.74 Å². The molecule has 1 N–H and O–H groups in total. The maximum atomic E-state index is 10.6. The molecule has 0 aliphatic rings. The molecule has 0 fully saturated rings. The van der Waals surface area contributed by atoms with Gasteiger partial charge in [-0.1, -0.05) is 12.1 Å². The van der Waals surface area contributed by atoms with Crippen molar-refractivity contribution in [1.29, 1.82) is 0 Å². The first-order valence-corrected chi connectivity index (χ1v) is 3.05. The van der Waals surface area contributed by atoms with Crippen molar-refractivity contribution in [2.24, 2.45) is 0 Å². The molecule has 1 amide bonds. The molecule has 1 aromatic carbocycles. The zero-order valence-electron chi connectivity index (χ0n) is 6.05. The Balaban J connectivity index is 2.58. The molecule has 0 aliphatic heterocycles. The number of hydrogen-bond acceptors (Lipinski definition) is 2.